The molecule has 0 aliphatic carbocycles. The van der Waals surface area contributed by atoms with Crippen molar-refractivity contribution in [2.45, 2.75) is 13.3 Å². The summed E-state index contributed by atoms with van der Waals surface area (Å²) < 4.78 is 18.7. The van der Waals surface area contributed by atoms with Crippen LogP contribution in [0.1, 0.15) is 23.0 Å². The monoisotopic (exact) mass is 267 g/mol. The Morgan fingerprint density at radius 1 is 1.56 bits per heavy atom. The number of nitrogens with zero attached hydrogens (tertiary/aromatic N) is 1. The number of hydrogen-bond acceptors (Lipinski definition) is 4. The van der Waals surface area contributed by atoms with Gasteiger partial charge in [0, 0.05) is 11.4 Å². The van der Waals surface area contributed by atoms with Gasteiger partial charge in [0.05, 0.1) is 11.3 Å². The highest BCUT2D eigenvalue weighted by Gasteiger charge is 2.12. The highest BCUT2D eigenvalue weighted by Crippen LogP contribution is 2.26. The quantitative estimate of drug-likeness (QED) is 0.923. The third-order valence-corrected chi connectivity index (χ3v) is 3.04. The van der Waals surface area contributed by atoms with Gasteiger partial charge in [-0.1, -0.05) is 18.3 Å². The predicted molar refractivity (Wildman–Crippen MR) is 64.9 cm³/mol. The van der Waals surface area contributed by atoms with Gasteiger partial charge in [-0.2, -0.15) is 0 Å². The SMILES string of the molecule is CCc1csc(Oc2ccc(C(=O)O)c(F)c2)n1. The number of ether oxygens (including phenoxy) is 1. The molecule has 18 heavy (non-hydrogen) atoms. The van der Waals surface area contributed by atoms with Gasteiger partial charge in [0.1, 0.15) is 11.6 Å². The Morgan fingerprint density at radius 2 is 2.33 bits per heavy atom. The number of aromatic nitrogens is 1. The van der Waals surface area contributed by atoms with Crippen molar-refractivity contribution in [1.29, 1.82) is 0 Å². The van der Waals surface area contributed by atoms with E-state index in [0.717, 1.165) is 18.2 Å². The molecule has 0 unspecified atom stereocenters. The van der Waals surface area contributed by atoms with Gasteiger partial charge in [0.15, 0.2) is 0 Å². The summed E-state index contributed by atoms with van der Waals surface area (Å²) in [6.07, 6.45) is 0.798. The molecule has 0 radical (unpaired) electrons. The van der Waals surface area contributed by atoms with Gasteiger partial charge in [0.2, 0.25) is 0 Å². The smallest absolute Gasteiger partial charge is 0.338 e. The first-order chi connectivity index (χ1) is 8.60. The average Bonchev–Trinajstić information content (AvgIpc) is 2.76. The van der Waals surface area contributed by atoms with E-state index in [2.05, 4.69) is 4.98 Å². The van der Waals surface area contributed by atoms with Crippen LogP contribution in [0.5, 0.6) is 10.9 Å². The summed E-state index contributed by atoms with van der Waals surface area (Å²) in [6.45, 7) is 1.97. The molecule has 4 nitrogen and oxygen atoms in total. The topological polar surface area (TPSA) is 59.4 Å². The van der Waals surface area contributed by atoms with Crippen LogP contribution >= 0.6 is 11.3 Å². The number of aryl methyl sites for hydroxylation is 1. The van der Waals surface area contributed by atoms with E-state index in [4.69, 9.17) is 9.84 Å². The van der Waals surface area contributed by atoms with Crippen LogP contribution in [0.4, 0.5) is 4.39 Å². The van der Waals surface area contributed by atoms with Crippen molar-refractivity contribution in [3.05, 3.63) is 40.7 Å². The number of carboxylic acid groups (broad SMARTS) is 1. The lowest BCUT2D eigenvalue weighted by molar-refractivity contribution is 0.0692. The van der Waals surface area contributed by atoms with Gasteiger partial charge in [-0.25, -0.2) is 14.2 Å². The maximum Gasteiger partial charge on any atom is 0.338 e. The van der Waals surface area contributed by atoms with Gasteiger partial charge in [0.25, 0.3) is 5.19 Å². The molecule has 0 spiro atoms. The second kappa shape index (κ2) is 5.14. The molecule has 6 heteroatoms. The molecule has 0 amide bonds. The van der Waals surface area contributed by atoms with Crippen molar-refractivity contribution in [1.82, 2.24) is 4.98 Å². The number of rotatable bonds is 4. The molecular formula is C12H10FNO3S. The Labute approximate surface area is 107 Å². The maximum atomic E-state index is 13.4. The molecule has 0 aliphatic heterocycles. The summed E-state index contributed by atoms with van der Waals surface area (Å²) in [5.41, 5.74) is 0.522. The van der Waals surface area contributed by atoms with E-state index in [1.54, 1.807) is 0 Å². The molecular weight excluding hydrogens is 257 g/mol. The molecule has 94 valence electrons. The summed E-state index contributed by atoms with van der Waals surface area (Å²) in [5.74, 6) is -1.90. The van der Waals surface area contributed by atoms with Gasteiger partial charge >= 0.3 is 5.97 Å². The highest BCUT2D eigenvalue weighted by molar-refractivity contribution is 7.11. The molecule has 0 saturated heterocycles. The summed E-state index contributed by atoms with van der Waals surface area (Å²) in [5, 5.41) is 11.0. The van der Waals surface area contributed by atoms with Crippen LogP contribution in [0.25, 0.3) is 0 Å². The van der Waals surface area contributed by atoms with E-state index < -0.39 is 11.8 Å². The molecule has 1 N–H and O–H groups in total. The fraction of sp³-hybridized carbons (Fsp3) is 0.167. The Hall–Kier alpha value is -1.95. The average molecular weight is 267 g/mol. The van der Waals surface area contributed by atoms with Crippen molar-refractivity contribution in [2.24, 2.45) is 0 Å². The van der Waals surface area contributed by atoms with Crippen molar-refractivity contribution < 1.29 is 19.0 Å². The van der Waals surface area contributed by atoms with Crippen molar-refractivity contribution in [3.63, 3.8) is 0 Å². The van der Waals surface area contributed by atoms with Crippen LogP contribution in [0.15, 0.2) is 23.6 Å². The maximum absolute atomic E-state index is 13.4. The molecule has 0 fully saturated rings. The molecule has 1 aromatic heterocycles. The number of carboxylic acids is 1. The van der Waals surface area contributed by atoms with Gasteiger partial charge in [-0.15, -0.1) is 0 Å². The third-order valence-electron chi connectivity index (χ3n) is 2.27. The van der Waals surface area contributed by atoms with Gasteiger partial charge in [-0.3, -0.25) is 0 Å². The minimum Gasteiger partial charge on any atom is -0.478 e. The van der Waals surface area contributed by atoms with Gasteiger partial charge in [-0.05, 0) is 18.6 Å². The summed E-state index contributed by atoms with van der Waals surface area (Å²) in [4.78, 5) is 14.8. The summed E-state index contributed by atoms with van der Waals surface area (Å²) >= 11 is 1.31. The Balaban J connectivity index is 2.19. The van der Waals surface area contributed by atoms with Crippen LogP contribution in [-0.4, -0.2) is 16.1 Å². The highest BCUT2D eigenvalue weighted by atomic mass is 32.1. The van der Waals surface area contributed by atoms with Crippen LogP contribution in [-0.2, 0) is 6.42 Å². The van der Waals surface area contributed by atoms with E-state index >= 15 is 0 Å². The summed E-state index contributed by atoms with van der Waals surface area (Å²) in [7, 11) is 0. The number of benzene rings is 1. The second-order valence-electron chi connectivity index (χ2n) is 3.51. The Bertz CT molecular complexity index is 582. The van der Waals surface area contributed by atoms with E-state index in [9.17, 15) is 9.18 Å². The van der Waals surface area contributed by atoms with Gasteiger partial charge < -0.3 is 9.84 Å². The minimum atomic E-state index is -1.30. The lowest BCUT2D eigenvalue weighted by Gasteiger charge is -2.03. The predicted octanol–water partition coefficient (Wildman–Crippen LogP) is 3.34. The van der Waals surface area contributed by atoms with Crippen LogP contribution in [0.2, 0.25) is 0 Å². The number of hydrogen-bond donors (Lipinski definition) is 1. The van der Waals surface area contributed by atoms with E-state index in [-0.39, 0.29) is 11.3 Å². The normalized spacial score (nSPS) is 10.3. The van der Waals surface area contributed by atoms with Crippen molar-refractivity contribution >= 4 is 17.3 Å². The Kier molecular flexibility index (Phi) is 3.57. The number of aromatic carboxylic acids is 1. The lowest BCUT2D eigenvalue weighted by atomic mass is 10.2. The largest absolute Gasteiger partial charge is 0.478 e. The van der Waals surface area contributed by atoms with Crippen molar-refractivity contribution in [3.8, 4) is 10.9 Å². The molecule has 0 bridgehead atoms. The minimum absolute atomic E-state index is 0.231. The van der Waals surface area contributed by atoms with Crippen LogP contribution in [0.3, 0.4) is 0 Å². The number of thiazole rings is 1. The number of halogens is 1. The molecule has 2 rings (SSSR count). The molecule has 1 heterocycles. The first-order valence-electron chi connectivity index (χ1n) is 5.25. The standard InChI is InChI=1S/C12H10FNO3S/c1-2-7-6-18-12(14-7)17-8-3-4-9(11(15)16)10(13)5-8/h3-6H,2H2,1H3,(H,15,16). The van der Waals surface area contributed by atoms with E-state index in [1.165, 1.54) is 23.5 Å². The first-order valence-corrected chi connectivity index (χ1v) is 6.13. The molecule has 0 aliphatic rings. The lowest BCUT2D eigenvalue weighted by Crippen LogP contribution is -2.00. The molecule has 0 atom stereocenters. The zero-order chi connectivity index (χ0) is 13.1. The fourth-order valence-electron chi connectivity index (χ4n) is 1.33. The van der Waals surface area contributed by atoms with E-state index in [1.807, 2.05) is 12.3 Å². The van der Waals surface area contributed by atoms with Crippen molar-refractivity contribution in [2.75, 3.05) is 0 Å². The molecule has 0 saturated carbocycles. The first kappa shape index (κ1) is 12.5. The number of carbonyl (C=O) groups is 1. The zero-order valence-electron chi connectivity index (χ0n) is 9.51. The Morgan fingerprint density at radius 3 is 2.89 bits per heavy atom. The van der Waals surface area contributed by atoms with E-state index in [0.29, 0.717) is 5.19 Å². The molecule has 2 aromatic rings. The molecule has 1 aromatic carbocycles. The second-order valence-corrected chi connectivity index (χ2v) is 4.33. The van der Waals surface area contributed by atoms with Crippen LogP contribution < -0.4 is 4.74 Å². The fourth-order valence-corrected chi connectivity index (χ4v) is 2.10. The summed E-state index contributed by atoms with van der Waals surface area (Å²) in [6, 6.07) is 3.61. The third kappa shape index (κ3) is 2.65. The van der Waals surface area contributed by atoms with Crippen LogP contribution in [0, 0.1) is 5.82 Å². The zero-order valence-corrected chi connectivity index (χ0v) is 10.3.